The number of aliphatic hydroxyl groups is 1. The first-order valence-corrected chi connectivity index (χ1v) is 6.20. The number of ether oxygens (including phenoxy) is 2. The Morgan fingerprint density at radius 1 is 1.50 bits per heavy atom. The van der Waals surface area contributed by atoms with Crippen LogP contribution in [0.2, 0.25) is 0 Å². The molecule has 0 saturated carbocycles. The van der Waals surface area contributed by atoms with Gasteiger partial charge in [-0.25, -0.2) is 4.39 Å². The molecule has 0 aliphatic carbocycles. The second-order valence-corrected chi connectivity index (χ2v) is 4.96. The second-order valence-electron chi connectivity index (χ2n) is 4.96. The fourth-order valence-electron chi connectivity index (χ4n) is 2.48. The molecule has 1 aromatic rings. The lowest BCUT2D eigenvalue weighted by molar-refractivity contribution is -0.0379. The molecule has 1 N–H and O–H groups in total. The van der Waals surface area contributed by atoms with Crippen LogP contribution >= 0.6 is 0 Å². The highest BCUT2D eigenvalue weighted by atomic mass is 19.1. The molecular formula is C14H19FO3. The Morgan fingerprint density at radius 2 is 2.33 bits per heavy atom. The van der Waals surface area contributed by atoms with Crippen LogP contribution in [0.25, 0.3) is 0 Å². The van der Waals surface area contributed by atoms with E-state index in [-0.39, 0.29) is 23.6 Å². The van der Waals surface area contributed by atoms with Crippen molar-refractivity contribution in [2.45, 2.75) is 19.3 Å². The van der Waals surface area contributed by atoms with Gasteiger partial charge in [0.25, 0.3) is 0 Å². The average molecular weight is 254 g/mol. The maximum Gasteiger partial charge on any atom is 0.165 e. The van der Waals surface area contributed by atoms with Crippen molar-refractivity contribution in [3.63, 3.8) is 0 Å². The molecule has 1 unspecified atom stereocenters. The number of benzene rings is 1. The number of halogens is 1. The zero-order valence-electron chi connectivity index (χ0n) is 10.6. The summed E-state index contributed by atoms with van der Waals surface area (Å²) in [5.74, 6) is -0.114. The SMILES string of the molecule is COc1ccc(CC2(CO)CCCOC2)cc1F. The van der Waals surface area contributed by atoms with Gasteiger partial charge < -0.3 is 14.6 Å². The second kappa shape index (κ2) is 5.67. The molecule has 1 fully saturated rings. The Kier molecular flexibility index (Phi) is 4.19. The summed E-state index contributed by atoms with van der Waals surface area (Å²) in [6.45, 7) is 1.36. The monoisotopic (exact) mass is 254 g/mol. The Bertz CT molecular complexity index is 400. The molecule has 0 aromatic heterocycles. The van der Waals surface area contributed by atoms with Crippen molar-refractivity contribution in [1.29, 1.82) is 0 Å². The molecule has 100 valence electrons. The van der Waals surface area contributed by atoms with Gasteiger partial charge >= 0.3 is 0 Å². The van der Waals surface area contributed by atoms with Crippen LogP contribution in [0.1, 0.15) is 18.4 Å². The topological polar surface area (TPSA) is 38.7 Å². The summed E-state index contributed by atoms with van der Waals surface area (Å²) in [6, 6.07) is 4.94. The van der Waals surface area contributed by atoms with Gasteiger partial charge in [0.2, 0.25) is 0 Å². The number of hydrogen-bond acceptors (Lipinski definition) is 3. The number of hydrogen-bond donors (Lipinski definition) is 1. The molecule has 18 heavy (non-hydrogen) atoms. The fourth-order valence-corrected chi connectivity index (χ4v) is 2.48. The maximum atomic E-state index is 13.6. The van der Waals surface area contributed by atoms with Gasteiger partial charge in [0, 0.05) is 12.0 Å². The summed E-state index contributed by atoms with van der Waals surface area (Å²) < 4.78 is 24.0. The Morgan fingerprint density at radius 3 is 2.89 bits per heavy atom. The van der Waals surface area contributed by atoms with E-state index >= 15 is 0 Å². The fraction of sp³-hybridized carbons (Fsp3) is 0.571. The van der Waals surface area contributed by atoms with Gasteiger partial charge in [0.15, 0.2) is 11.6 Å². The first kappa shape index (κ1) is 13.3. The zero-order chi connectivity index (χ0) is 13.0. The van der Waals surface area contributed by atoms with Gasteiger partial charge in [0.05, 0.1) is 20.3 Å². The van der Waals surface area contributed by atoms with Gasteiger partial charge in [-0.2, -0.15) is 0 Å². The van der Waals surface area contributed by atoms with Crippen LogP contribution in [0.15, 0.2) is 18.2 Å². The highest BCUT2D eigenvalue weighted by molar-refractivity contribution is 5.30. The van der Waals surface area contributed by atoms with Crippen LogP contribution in [-0.2, 0) is 11.2 Å². The van der Waals surface area contributed by atoms with Gasteiger partial charge in [-0.3, -0.25) is 0 Å². The molecular weight excluding hydrogens is 235 g/mol. The van der Waals surface area contributed by atoms with Crippen molar-refractivity contribution in [3.8, 4) is 5.75 Å². The predicted octanol–water partition coefficient (Wildman–Crippen LogP) is 2.17. The highest BCUT2D eigenvalue weighted by Gasteiger charge is 2.32. The summed E-state index contributed by atoms with van der Waals surface area (Å²) >= 11 is 0. The van der Waals surface area contributed by atoms with Gasteiger partial charge in [-0.15, -0.1) is 0 Å². The summed E-state index contributed by atoms with van der Waals surface area (Å²) in [7, 11) is 1.45. The van der Waals surface area contributed by atoms with Crippen molar-refractivity contribution < 1.29 is 19.0 Å². The van der Waals surface area contributed by atoms with Crippen LogP contribution in [0.3, 0.4) is 0 Å². The molecule has 0 spiro atoms. The summed E-state index contributed by atoms with van der Waals surface area (Å²) in [5, 5.41) is 9.57. The van der Waals surface area contributed by atoms with E-state index in [9.17, 15) is 9.50 Å². The van der Waals surface area contributed by atoms with Gasteiger partial charge in [-0.05, 0) is 37.0 Å². The summed E-state index contributed by atoms with van der Waals surface area (Å²) in [6.07, 6.45) is 2.49. The van der Waals surface area contributed by atoms with Crippen molar-refractivity contribution in [2.24, 2.45) is 5.41 Å². The molecule has 1 aliphatic heterocycles. The van der Waals surface area contributed by atoms with Crippen LogP contribution in [0, 0.1) is 11.2 Å². The first-order valence-electron chi connectivity index (χ1n) is 6.20. The van der Waals surface area contributed by atoms with E-state index in [2.05, 4.69) is 0 Å². The molecule has 1 atom stereocenters. The van der Waals surface area contributed by atoms with E-state index in [1.165, 1.54) is 13.2 Å². The minimum absolute atomic E-state index is 0.0701. The zero-order valence-corrected chi connectivity index (χ0v) is 10.6. The lowest BCUT2D eigenvalue weighted by atomic mass is 9.78. The van der Waals surface area contributed by atoms with E-state index < -0.39 is 0 Å². The van der Waals surface area contributed by atoms with E-state index in [4.69, 9.17) is 9.47 Å². The minimum Gasteiger partial charge on any atom is -0.494 e. The first-order chi connectivity index (χ1) is 8.69. The van der Waals surface area contributed by atoms with E-state index in [1.807, 2.05) is 6.07 Å². The van der Waals surface area contributed by atoms with E-state index in [1.54, 1.807) is 6.07 Å². The molecule has 1 saturated heterocycles. The summed E-state index contributed by atoms with van der Waals surface area (Å²) in [4.78, 5) is 0. The number of methoxy groups -OCH3 is 1. The molecule has 1 heterocycles. The Labute approximate surface area is 107 Å². The van der Waals surface area contributed by atoms with Crippen LogP contribution in [0.5, 0.6) is 5.75 Å². The van der Waals surface area contributed by atoms with Crippen molar-refractivity contribution in [3.05, 3.63) is 29.6 Å². The Balaban J connectivity index is 2.14. The molecule has 4 heteroatoms. The number of rotatable bonds is 4. The normalized spacial score (nSPS) is 23.9. The predicted molar refractivity (Wildman–Crippen MR) is 66.2 cm³/mol. The molecule has 1 aliphatic rings. The Hall–Kier alpha value is -1.13. The third-order valence-corrected chi connectivity index (χ3v) is 3.53. The van der Waals surface area contributed by atoms with Crippen LogP contribution in [0.4, 0.5) is 4.39 Å². The highest BCUT2D eigenvalue weighted by Crippen LogP contribution is 2.33. The maximum absolute atomic E-state index is 13.6. The minimum atomic E-state index is -0.361. The summed E-state index contributed by atoms with van der Waals surface area (Å²) in [5.41, 5.74) is 0.604. The standard InChI is InChI=1S/C14H19FO3/c1-17-13-4-3-11(7-12(13)15)8-14(9-16)5-2-6-18-10-14/h3-4,7,16H,2,5-6,8-10H2,1H3. The molecule has 2 rings (SSSR count). The van der Waals surface area contributed by atoms with Crippen molar-refractivity contribution in [1.82, 2.24) is 0 Å². The largest absolute Gasteiger partial charge is 0.494 e. The quantitative estimate of drug-likeness (QED) is 0.895. The van der Waals surface area contributed by atoms with E-state index in [0.717, 1.165) is 25.0 Å². The van der Waals surface area contributed by atoms with Crippen molar-refractivity contribution in [2.75, 3.05) is 26.9 Å². The molecule has 0 bridgehead atoms. The third kappa shape index (κ3) is 2.82. The van der Waals surface area contributed by atoms with Gasteiger partial charge in [0.1, 0.15) is 0 Å². The molecule has 3 nitrogen and oxygen atoms in total. The van der Waals surface area contributed by atoms with Gasteiger partial charge in [-0.1, -0.05) is 6.07 Å². The molecule has 1 aromatic carbocycles. The number of aliphatic hydroxyl groups excluding tert-OH is 1. The van der Waals surface area contributed by atoms with Crippen LogP contribution in [-0.4, -0.2) is 32.0 Å². The lowest BCUT2D eigenvalue weighted by Crippen LogP contribution is -2.37. The molecule has 0 radical (unpaired) electrons. The van der Waals surface area contributed by atoms with Crippen LogP contribution < -0.4 is 4.74 Å². The third-order valence-electron chi connectivity index (χ3n) is 3.53. The molecule has 0 amide bonds. The lowest BCUT2D eigenvalue weighted by Gasteiger charge is -2.35. The average Bonchev–Trinajstić information content (AvgIpc) is 2.40. The smallest absolute Gasteiger partial charge is 0.165 e. The van der Waals surface area contributed by atoms with Crippen molar-refractivity contribution >= 4 is 0 Å². The van der Waals surface area contributed by atoms with E-state index in [0.29, 0.717) is 13.0 Å².